The van der Waals surface area contributed by atoms with Crippen molar-refractivity contribution in [2.45, 2.75) is 50.6 Å². The average Bonchev–Trinajstić information content (AvgIpc) is 3.46. The molecule has 3 N–H and O–H groups in total. The number of fused-ring (bicyclic) bond motifs is 1. The van der Waals surface area contributed by atoms with Crippen LogP contribution in [0, 0.1) is 5.92 Å². The molecule has 1 aromatic carbocycles. The van der Waals surface area contributed by atoms with Gasteiger partial charge in [-0.2, -0.15) is 5.10 Å². The molecular formula is C28H28N6O5. The smallest absolute Gasteiger partial charge is 0.262 e. The molecule has 3 aliphatic rings. The monoisotopic (exact) mass is 528 g/mol. The van der Waals surface area contributed by atoms with E-state index >= 15 is 0 Å². The number of pyridine rings is 1. The third-order valence-corrected chi connectivity index (χ3v) is 7.82. The lowest BCUT2D eigenvalue weighted by Gasteiger charge is -2.35. The summed E-state index contributed by atoms with van der Waals surface area (Å²) in [7, 11) is 0. The van der Waals surface area contributed by atoms with Crippen LogP contribution >= 0.6 is 0 Å². The summed E-state index contributed by atoms with van der Waals surface area (Å²) < 4.78 is 1.98. The summed E-state index contributed by atoms with van der Waals surface area (Å²) >= 11 is 0. The van der Waals surface area contributed by atoms with Crippen molar-refractivity contribution in [2.75, 3.05) is 11.9 Å². The second kappa shape index (κ2) is 9.97. The normalized spacial score (nSPS) is 22.5. The van der Waals surface area contributed by atoms with Crippen molar-refractivity contribution in [3.63, 3.8) is 0 Å². The van der Waals surface area contributed by atoms with Crippen LogP contribution in [0.5, 0.6) is 0 Å². The number of amides is 4. The highest BCUT2D eigenvalue weighted by Crippen LogP contribution is 2.40. The lowest BCUT2D eigenvalue weighted by Crippen LogP contribution is -2.54. The van der Waals surface area contributed by atoms with Gasteiger partial charge in [-0.05, 0) is 62.3 Å². The van der Waals surface area contributed by atoms with Gasteiger partial charge in [0.1, 0.15) is 6.04 Å². The van der Waals surface area contributed by atoms with Crippen LogP contribution in [0.3, 0.4) is 0 Å². The molecule has 0 bridgehead atoms. The summed E-state index contributed by atoms with van der Waals surface area (Å²) in [6.07, 6.45) is 8.12. The minimum atomic E-state index is -0.964. The van der Waals surface area contributed by atoms with Gasteiger partial charge >= 0.3 is 0 Å². The van der Waals surface area contributed by atoms with E-state index in [2.05, 4.69) is 20.7 Å². The number of piperidine rings is 1. The molecule has 3 aromatic rings. The minimum Gasteiger partial charge on any atom is -0.385 e. The van der Waals surface area contributed by atoms with Crippen molar-refractivity contribution in [1.29, 1.82) is 0 Å². The van der Waals surface area contributed by atoms with E-state index in [4.69, 9.17) is 0 Å². The van der Waals surface area contributed by atoms with E-state index in [1.165, 1.54) is 6.07 Å². The fourth-order valence-electron chi connectivity index (χ4n) is 5.65. The maximum atomic E-state index is 13.0. The van der Waals surface area contributed by atoms with E-state index in [9.17, 15) is 24.0 Å². The molecule has 2 aliphatic heterocycles. The van der Waals surface area contributed by atoms with Gasteiger partial charge in [0.2, 0.25) is 17.4 Å². The Morgan fingerprint density at radius 3 is 2.62 bits per heavy atom. The summed E-state index contributed by atoms with van der Waals surface area (Å²) in [5, 5.41) is 10.0. The first-order valence-corrected chi connectivity index (χ1v) is 13.2. The Morgan fingerprint density at radius 1 is 1.00 bits per heavy atom. The molecule has 1 saturated heterocycles. The van der Waals surface area contributed by atoms with Gasteiger partial charge in [-0.3, -0.25) is 38.9 Å². The van der Waals surface area contributed by atoms with Crippen molar-refractivity contribution in [3.05, 3.63) is 70.3 Å². The number of imide groups is 2. The van der Waals surface area contributed by atoms with E-state index < -0.39 is 29.7 Å². The van der Waals surface area contributed by atoms with E-state index in [0.717, 1.165) is 54.1 Å². The number of carbonyl (C=O) groups is 4. The molecule has 4 heterocycles. The molecule has 11 heteroatoms. The van der Waals surface area contributed by atoms with E-state index in [1.807, 2.05) is 16.9 Å². The number of nitrogens with zero attached hydrogens (tertiary/aromatic N) is 3. The zero-order valence-electron chi connectivity index (χ0n) is 21.2. The zero-order chi connectivity index (χ0) is 27.1. The topological polar surface area (TPSA) is 146 Å². The van der Waals surface area contributed by atoms with Crippen LogP contribution in [0.1, 0.15) is 65.3 Å². The molecule has 2 fully saturated rings. The second-order valence-electron chi connectivity index (χ2n) is 10.4. The van der Waals surface area contributed by atoms with E-state index in [1.54, 1.807) is 30.5 Å². The van der Waals surface area contributed by atoms with Gasteiger partial charge in [0.25, 0.3) is 11.8 Å². The third kappa shape index (κ3) is 4.75. The molecule has 6 rings (SSSR count). The Bertz CT molecular complexity index is 1530. The first-order valence-electron chi connectivity index (χ1n) is 13.2. The highest BCUT2D eigenvalue weighted by molar-refractivity contribution is 6.23. The Labute approximate surface area is 223 Å². The number of anilines is 1. The number of benzene rings is 1. The maximum Gasteiger partial charge on any atom is 0.262 e. The Kier molecular flexibility index (Phi) is 6.34. The molecule has 0 spiro atoms. The van der Waals surface area contributed by atoms with Gasteiger partial charge in [-0.15, -0.1) is 0 Å². The molecular weight excluding hydrogens is 500 g/mol. The predicted molar refractivity (Wildman–Crippen MR) is 141 cm³/mol. The van der Waals surface area contributed by atoms with Crippen molar-refractivity contribution >= 4 is 29.3 Å². The van der Waals surface area contributed by atoms with Crippen molar-refractivity contribution in [2.24, 2.45) is 5.92 Å². The highest BCUT2D eigenvalue weighted by atomic mass is 16.2. The number of hydrogen-bond acceptors (Lipinski definition) is 7. The lowest BCUT2D eigenvalue weighted by molar-refractivity contribution is -0.136. The summed E-state index contributed by atoms with van der Waals surface area (Å²) in [5.41, 5.74) is 2.82. The SMILES string of the molecule is O=C1CCC(N2C(=O)c3ccc(NCCC[C@H]4C[C@H](n5cc(-c6cccc(=O)[nH]6)cn5)C4)cc3C2=O)C(=O)N1. The van der Waals surface area contributed by atoms with E-state index in [0.29, 0.717) is 12.0 Å². The molecule has 2 aromatic heterocycles. The standard InChI is InChI=1S/C28H28N6O5/c35-24-5-1-4-22(31-24)17-14-30-33(15-17)19-11-16(12-19)3-2-10-29-18-6-7-20-21(13-18)28(39)34(27(20)38)23-8-9-25(36)32-26(23)37/h1,4-7,13-16,19,23,29H,2-3,8-12H2,(H,31,35)(H,32,36,37)/t16-,19-,23?. The number of aromatic amines is 1. The van der Waals surface area contributed by atoms with Crippen molar-refractivity contribution in [1.82, 2.24) is 25.0 Å². The summed E-state index contributed by atoms with van der Waals surface area (Å²) in [6, 6.07) is 9.53. The Hall–Kier alpha value is -4.54. The third-order valence-electron chi connectivity index (χ3n) is 7.82. The van der Waals surface area contributed by atoms with Gasteiger partial charge < -0.3 is 10.3 Å². The summed E-state index contributed by atoms with van der Waals surface area (Å²) in [6.45, 7) is 0.728. The Balaban J connectivity index is 0.977. The first kappa shape index (κ1) is 24.8. The van der Waals surface area contributed by atoms with E-state index in [-0.39, 0.29) is 29.5 Å². The van der Waals surface area contributed by atoms with Gasteiger partial charge in [0.05, 0.1) is 29.1 Å². The van der Waals surface area contributed by atoms with Gasteiger partial charge in [0.15, 0.2) is 0 Å². The zero-order valence-corrected chi connectivity index (χ0v) is 21.2. The van der Waals surface area contributed by atoms with Gasteiger partial charge in [0, 0.05) is 36.5 Å². The Morgan fingerprint density at radius 2 is 1.82 bits per heavy atom. The van der Waals surface area contributed by atoms with Gasteiger partial charge in [-0.25, -0.2) is 0 Å². The number of carbonyl (C=O) groups excluding carboxylic acids is 4. The summed E-state index contributed by atoms with van der Waals surface area (Å²) in [4.78, 5) is 64.9. The summed E-state index contributed by atoms with van der Waals surface area (Å²) in [5.74, 6) is -1.40. The van der Waals surface area contributed by atoms with Crippen LogP contribution < -0.4 is 16.2 Å². The fraction of sp³-hybridized carbons (Fsp3) is 0.357. The van der Waals surface area contributed by atoms with Crippen LogP contribution in [-0.4, -0.2) is 55.9 Å². The number of hydrogen-bond donors (Lipinski definition) is 3. The quantitative estimate of drug-likeness (QED) is 0.301. The molecule has 200 valence electrons. The van der Waals surface area contributed by atoms with Crippen LogP contribution in [0.15, 0.2) is 53.6 Å². The molecule has 11 nitrogen and oxygen atoms in total. The average molecular weight is 529 g/mol. The number of H-pyrrole nitrogens is 1. The molecule has 4 amide bonds. The van der Waals surface area contributed by atoms with Crippen molar-refractivity contribution in [3.8, 4) is 11.3 Å². The largest absolute Gasteiger partial charge is 0.385 e. The molecule has 1 unspecified atom stereocenters. The van der Waals surface area contributed by atoms with Crippen LogP contribution in [0.25, 0.3) is 11.3 Å². The van der Waals surface area contributed by atoms with Crippen LogP contribution in [0.4, 0.5) is 5.69 Å². The second-order valence-corrected chi connectivity index (χ2v) is 10.4. The fourth-order valence-corrected chi connectivity index (χ4v) is 5.65. The minimum absolute atomic E-state index is 0.0943. The number of aromatic nitrogens is 3. The molecule has 1 aliphatic carbocycles. The number of nitrogens with one attached hydrogen (secondary N) is 3. The van der Waals surface area contributed by atoms with Crippen LogP contribution in [0.2, 0.25) is 0 Å². The van der Waals surface area contributed by atoms with Crippen molar-refractivity contribution < 1.29 is 19.2 Å². The predicted octanol–water partition coefficient (Wildman–Crippen LogP) is 2.48. The highest BCUT2D eigenvalue weighted by Gasteiger charge is 2.44. The maximum absolute atomic E-state index is 13.0. The molecule has 1 atom stereocenters. The van der Waals surface area contributed by atoms with Crippen LogP contribution in [-0.2, 0) is 9.59 Å². The molecule has 1 saturated carbocycles. The molecule has 0 radical (unpaired) electrons. The van der Waals surface area contributed by atoms with Gasteiger partial charge in [-0.1, -0.05) is 6.07 Å². The number of rotatable bonds is 8. The first-order chi connectivity index (χ1) is 18.9. The lowest BCUT2D eigenvalue weighted by atomic mass is 9.77. The molecule has 39 heavy (non-hydrogen) atoms.